The van der Waals surface area contributed by atoms with Crippen molar-refractivity contribution in [3.05, 3.63) is 0 Å². The van der Waals surface area contributed by atoms with Crippen molar-refractivity contribution in [1.29, 1.82) is 0 Å². The molecule has 3 aliphatic rings. The minimum Gasteiger partial charge on any atom is -0.348 e. The lowest BCUT2D eigenvalue weighted by Crippen LogP contribution is -2.57. The normalized spacial score (nSPS) is 45.0. The molecule has 0 aromatic rings. The van der Waals surface area contributed by atoms with Crippen LogP contribution in [-0.4, -0.2) is 38.0 Å². The number of hydrogen-bond donors (Lipinski definition) is 0. The van der Waals surface area contributed by atoms with Crippen LogP contribution >= 0.6 is 0 Å². The first-order valence-electron chi connectivity index (χ1n) is 6.39. The second-order valence-corrected chi connectivity index (χ2v) is 5.01. The Morgan fingerprint density at radius 1 is 0.562 bits per heavy atom. The van der Waals surface area contributed by atoms with E-state index < -0.39 is 11.6 Å². The van der Waals surface area contributed by atoms with Gasteiger partial charge < -0.3 is 18.9 Å². The van der Waals surface area contributed by atoms with Crippen LogP contribution in [0.15, 0.2) is 0 Å². The lowest BCUT2D eigenvalue weighted by molar-refractivity contribution is -0.398. The first-order chi connectivity index (χ1) is 7.83. The van der Waals surface area contributed by atoms with Crippen LogP contribution in [0.5, 0.6) is 0 Å². The summed E-state index contributed by atoms with van der Waals surface area (Å²) in [7, 11) is 0. The molecule has 3 saturated heterocycles. The molecule has 0 radical (unpaired) electrons. The topological polar surface area (TPSA) is 36.9 Å². The SMILES string of the molecule is C1CC[C@]2(CO[C@]3(CCCCO3)CO2)OC1. The van der Waals surface area contributed by atoms with Gasteiger partial charge in [0, 0.05) is 12.8 Å². The van der Waals surface area contributed by atoms with Crippen molar-refractivity contribution in [2.45, 2.75) is 50.1 Å². The van der Waals surface area contributed by atoms with Crippen LogP contribution < -0.4 is 0 Å². The molecule has 0 aliphatic carbocycles. The average molecular weight is 228 g/mol. The summed E-state index contributed by atoms with van der Waals surface area (Å²) in [4.78, 5) is 0. The van der Waals surface area contributed by atoms with Crippen LogP contribution in [0.4, 0.5) is 0 Å². The third-order valence-electron chi connectivity index (χ3n) is 3.74. The molecule has 4 heteroatoms. The van der Waals surface area contributed by atoms with Gasteiger partial charge in [-0.25, -0.2) is 0 Å². The quantitative estimate of drug-likeness (QED) is 0.634. The highest BCUT2D eigenvalue weighted by molar-refractivity contribution is 4.84. The molecular weight excluding hydrogens is 208 g/mol. The molecule has 3 fully saturated rings. The highest BCUT2D eigenvalue weighted by Gasteiger charge is 2.47. The second-order valence-electron chi connectivity index (χ2n) is 5.01. The Labute approximate surface area is 96.2 Å². The molecule has 3 rings (SSSR count). The Bertz CT molecular complexity index is 203. The van der Waals surface area contributed by atoms with E-state index in [-0.39, 0.29) is 0 Å². The van der Waals surface area contributed by atoms with E-state index in [0.29, 0.717) is 13.2 Å². The second kappa shape index (κ2) is 4.26. The minimum absolute atomic E-state index is 0.468. The Morgan fingerprint density at radius 3 is 1.38 bits per heavy atom. The van der Waals surface area contributed by atoms with Crippen LogP contribution in [-0.2, 0) is 18.9 Å². The molecule has 0 N–H and O–H groups in total. The van der Waals surface area contributed by atoms with Crippen LogP contribution in [0.3, 0.4) is 0 Å². The highest BCUT2D eigenvalue weighted by Crippen LogP contribution is 2.37. The molecule has 92 valence electrons. The molecule has 0 amide bonds. The van der Waals surface area contributed by atoms with E-state index in [9.17, 15) is 0 Å². The van der Waals surface area contributed by atoms with Crippen molar-refractivity contribution in [1.82, 2.24) is 0 Å². The zero-order valence-electron chi connectivity index (χ0n) is 9.70. The van der Waals surface area contributed by atoms with E-state index in [0.717, 1.165) is 51.7 Å². The fourth-order valence-electron chi connectivity index (χ4n) is 2.68. The van der Waals surface area contributed by atoms with E-state index in [4.69, 9.17) is 18.9 Å². The van der Waals surface area contributed by atoms with Gasteiger partial charge in [0.05, 0.1) is 13.2 Å². The van der Waals surface area contributed by atoms with Gasteiger partial charge in [-0.2, -0.15) is 0 Å². The Hall–Kier alpha value is -0.160. The largest absolute Gasteiger partial charge is 0.348 e. The molecule has 16 heavy (non-hydrogen) atoms. The van der Waals surface area contributed by atoms with Gasteiger partial charge in [-0.1, -0.05) is 0 Å². The molecule has 2 atom stereocenters. The fourth-order valence-corrected chi connectivity index (χ4v) is 2.68. The van der Waals surface area contributed by atoms with E-state index in [2.05, 4.69) is 0 Å². The summed E-state index contributed by atoms with van der Waals surface area (Å²) in [6.45, 7) is 2.62. The standard InChI is InChI=1S/C12H20O4/c1-3-7-13-11(5-1)9-16-12(10-15-11)6-2-4-8-14-12/h1-10H2/t11-,12+. The molecule has 0 aromatic carbocycles. The van der Waals surface area contributed by atoms with Gasteiger partial charge in [0.1, 0.15) is 13.2 Å². The zero-order chi connectivity index (χ0) is 10.9. The molecule has 0 unspecified atom stereocenters. The van der Waals surface area contributed by atoms with E-state index in [1.54, 1.807) is 0 Å². The number of rotatable bonds is 0. The van der Waals surface area contributed by atoms with Crippen molar-refractivity contribution < 1.29 is 18.9 Å². The first kappa shape index (κ1) is 11.0. The molecule has 3 aliphatic heterocycles. The molecular formula is C12H20O4. The fraction of sp³-hybridized carbons (Fsp3) is 1.00. The van der Waals surface area contributed by atoms with E-state index >= 15 is 0 Å². The monoisotopic (exact) mass is 228 g/mol. The van der Waals surface area contributed by atoms with Gasteiger partial charge in [0.25, 0.3) is 0 Å². The highest BCUT2D eigenvalue weighted by atomic mass is 16.8. The summed E-state index contributed by atoms with van der Waals surface area (Å²) in [5.41, 5.74) is 0. The molecule has 2 spiro atoms. The number of hydrogen-bond acceptors (Lipinski definition) is 4. The van der Waals surface area contributed by atoms with Crippen LogP contribution in [0, 0.1) is 0 Å². The summed E-state index contributed by atoms with van der Waals surface area (Å²) in [5, 5.41) is 0. The van der Waals surface area contributed by atoms with Crippen molar-refractivity contribution in [3.63, 3.8) is 0 Å². The Kier molecular flexibility index (Phi) is 2.92. The third kappa shape index (κ3) is 1.99. The van der Waals surface area contributed by atoms with Crippen molar-refractivity contribution >= 4 is 0 Å². The van der Waals surface area contributed by atoms with Gasteiger partial charge in [0.2, 0.25) is 0 Å². The predicted octanol–water partition coefficient (Wildman–Crippen LogP) is 1.83. The van der Waals surface area contributed by atoms with Gasteiger partial charge >= 0.3 is 0 Å². The third-order valence-corrected chi connectivity index (χ3v) is 3.74. The maximum Gasteiger partial charge on any atom is 0.192 e. The minimum atomic E-state index is -0.468. The Balaban J connectivity index is 1.61. The van der Waals surface area contributed by atoms with Crippen LogP contribution in [0.25, 0.3) is 0 Å². The summed E-state index contributed by atoms with van der Waals surface area (Å²) in [6, 6.07) is 0. The summed E-state index contributed by atoms with van der Waals surface area (Å²) in [6.07, 6.45) is 6.49. The van der Waals surface area contributed by atoms with Crippen LogP contribution in [0.2, 0.25) is 0 Å². The lowest BCUT2D eigenvalue weighted by Gasteiger charge is -2.48. The van der Waals surface area contributed by atoms with Crippen molar-refractivity contribution in [2.75, 3.05) is 26.4 Å². The van der Waals surface area contributed by atoms with Gasteiger partial charge in [0.15, 0.2) is 11.6 Å². The van der Waals surface area contributed by atoms with E-state index in [1.165, 1.54) is 0 Å². The van der Waals surface area contributed by atoms with E-state index in [1.807, 2.05) is 0 Å². The first-order valence-corrected chi connectivity index (χ1v) is 6.39. The summed E-state index contributed by atoms with van der Waals surface area (Å²) in [5.74, 6) is -0.936. The van der Waals surface area contributed by atoms with Crippen molar-refractivity contribution in [2.24, 2.45) is 0 Å². The summed E-state index contributed by atoms with van der Waals surface area (Å²) >= 11 is 0. The zero-order valence-corrected chi connectivity index (χ0v) is 9.70. The number of ether oxygens (including phenoxy) is 4. The predicted molar refractivity (Wildman–Crippen MR) is 57.0 cm³/mol. The molecule has 0 bridgehead atoms. The molecule has 3 heterocycles. The molecule has 4 nitrogen and oxygen atoms in total. The maximum atomic E-state index is 5.93. The molecule has 0 aromatic heterocycles. The maximum absolute atomic E-state index is 5.93. The molecule has 0 saturated carbocycles. The van der Waals surface area contributed by atoms with Gasteiger partial charge in [-0.15, -0.1) is 0 Å². The summed E-state index contributed by atoms with van der Waals surface area (Å²) < 4.78 is 23.3. The average Bonchev–Trinajstić information content (AvgIpc) is 2.36. The van der Waals surface area contributed by atoms with Crippen LogP contribution in [0.1, 0.15) is 38.5 Å². The smallest absolute Gasteiger partial charge is 0.192 e. The van der Waals surface area contributed by atoms with Crippen molar-refractivity contribution in [3.8, 4) is 0 Å². The Morgan fingerprint density at radius 2 is 1.06 bits per heavy atom. The lowest BCUT2D eigenvalue weighted by atomic mass is 10.0. The van der Waals surface area contributed by atoms with Gasteiger partial charge in [-0.3, -0.25) is 0 Å². The van der Waals surface area contributed by atoms with Gasteiger partial charge in [-0.05, 0) is 25.7 Å².